The number of carbonyl (C=O) groups excluding carboxylic acids is 1. The lowest BCUT2D eigenvalue weighted by atomic mass is 9.86. The Labute approximate surface area is 222 Å². The van der Waals surface area contributed by atoms with Gasteiger partial charge in [0.25, 0.3) is 0 Å². The molecule has 5 rings (SSSR count). The molecule has 0 N–H and O–H groups in total. The van der Waals surface area contributed by atoms with Crippen LogP contribution in [0.4, 0.5) is 8.92 Å². The summed E-state index contributed by atoms with van der Waals surface area (Å²) in [5, 5.41) is 0. The van der Waals surface area contributed by atoms with Crippen LogP contribution in [0.1, 0.15) is 63.9 Å². The second-order valence-electron chi connectivity index (χ2n) is 10.2. The molecule has 3 aromatic carbocycles. The molecule has 1 saturated heterocycles. The number of likely N-dealkylation sites (tertiary alicyclic amines) is 1. The first-order valence-corrected chi connectivity index (χ1v) is 13.4. The van der Waals surface area contributed by atoms with Gasteiger partial charge in [-0.1, -0.05) is 42.5 Å². The van der Waals surface area contributed by atoms with E-state index < -0.39 is 5.97 Å². The van der Waals surface area contributed by atoms with Crippen LogP contribution in [0.25, 0.3) is 11.1 Å². The average Bonchev–Trinajstić information content (AvgIpc) is 3.30. The van der Waals surface area contributed by atoms with E-state index in [1.807, 2.05) is 24.3 Å². The van der Waals surface area contributed by atoms with Crippen molar-refractivity contribution in [1.29, 1.82) is 0 Å². The molecule has 1 fully saturated rings. The third kappa shape index (κ3) is 5.65. The van der Waals surface area contributed by atoms with Crippen LogP contribution in [0.15, 0.2) is 66.7 Å². The Morgan fingerprint density at radius 2 is 1.84 bits per heavy atom. The molecule has 3 aromatic rings. The van der Waals surface area contributed by atoms with Crippen molar-refractivity contribution in [2.45, 2.75) is 45.1 Å². The standard InChI is InChI=1S/C32H33F2NO3/c1-22-6-2-3-8-28(22)30-9-4-7-24-20-25(32(36)38-34)12-15-29(24)31(30)23-10-13-26(14-11-23)37-27-16-19-35(21-27)18-5-17-33/h2-3,6,8,10-15,20,27H,4-5,7,9,16-19,21H2,1H3. The van der Waals surface area contributed by atoms with Crippen molar-refractivity contribution in [3.8, 4) is 5.75 Å². The van der Waals surface area contributed by atoms with Crippen LogP contribution >= 0.6 is 0 Å². The molecule has 0 radical (unpaired) electrons. The van der Waals surface area contributed by atoms with Crippen molar-refractivity contribution in [2.75, 3.05) is 26.3 Å². The number of hydrogen-bond acceptors (Lipinski definition) is 4. The predicted molar refractivity (Wildman–Crippen MR) is 146 cm³/mol. The van der Waals surface area contributed by atoms with Crippen LogP contribution in [0.2, 0.25) is 0 Å². The molecule has 2 aliphatic rings. The summed E-state index contributed by atoms with van der Waals surface area (Å²) in [7, 11) is 0. The molecule has 4 nitrogen and oxygen atoms in total. The number of alkyl halides is 1. The van der Waals surface area contributed by atoms with E-state index in [0.717, 1.165) is 73.3 Å². The highest BCUT2D eigenvalue weighted by atomic mass is 19.3. The number of fused-ring (bicyclic) bond motifs is 1. The van der Waals surface area contributed by atoms with E-state index in [9.17, 15) is 13.7 Å². The maximum absolute atomic E-state index is 12.6. The number of aryl methyl sites for hydroxylation is 2. The Kier molecular flexibility index (Phi) is 8.18. The molecule has 0 aromatic heterocycles. The monoisotopic (exact) mass is 517 g/mol. The van der Waals surface area contributed by atoms with Crippen LogP contribution in [-0.2, 0) is 11.4 Å². The number of halogens is 2. The second-order valence-corrected chi connectivity index (χ2v) is 10.2. The zero-order valence-electron chi connectivity index (χ0n) is 21.7. The van der Waals surface area contributed by atoms with E-state index in [1.54, 1.807) is 12.1 Å². The fourth-order valence-corrected chi connectivity index (χ4v) is 5.74. The van der Waals surface area contributed by atoms with Crippen molar-refractivity contribution in [3.05, 3.63) is 100 Å². The summed E-state index contributed by atoms with van der Waals surface area (Å²) in [6.45, 7) is 4.37. The first-order chi connectivity index (χ1) is 18.6. The first kappa shape index (κ1) is 26.1. The summed E-state index contributed by atoms with van der Waals surface area (Å²) in [5.74, 6) is -0.155. The number of nitrogens with zero attached hydrogens (tertiary/aromatic N) is 1. The number of hydrogen-bond donors (Lipinski definition) is 0. The molecular formula is C32H33F2NO3. The van der Waals surface area contributed by atoms with E-state index in [0.29, 0.717) is 6.42 Å². The maximum atomic E-state index is 12.6. The predicted octanol–water partition coefficient (Wildman–Crippen LogP) is 7.14. The van der Waals surface area contributed by atoms with Crippen molar-refractivity contribution < 1.29 is 23.4 Å². The van der Waals surface area contributed by atoms with E-state index in [1.165, 1.54) is 16.7 Å². The number of allylic oxidation sites excluding steroid dienone is 1. The normalized spacial score (nSPS) is 17.7. The molecule has 0 spiro atoms. The van der Waals surface area contributed by atoms with Gasteiger partial charge < -0.3 is 4.74 Å². The molecule has 1 aliphatic carbocycles. The van der Waals surface area contributed by atoms with Gasteiger partial charge in [-0.05, 0) is 102 Å². The molecule has 0 bridgehead atoms. The van der Waals surface area contributed by atoms with Gasteiger partial charge >= 0.3 is 5.97 Å². The third-order valence-corrected chi connectivity index (χ3v) is 7.61. The quantitative estimate of drug-likeness (QED) is 0.318. The minimum Gasteiger partial charge on any atom is -0.489 e. The summed E-state index contributed by atoms with van der Waals surface area (Å²) in [5.41, 5.74) is 8.13. The van der Waals surface area contributed by atoms with Crippen LogP contribution in [0, 0.1) is 6.92 Å². The molecule has 1 heterocycles. The summed E-state index contributed by atoms with van der Waals surface area (Å²) in [4.78, 5) is 17.6. The number of ether oxygens (including phenoxy) is 1. The van der Waals surface area contributed by atoms with Gasteiger partial charge in [0.2, 0.25) is 0 Å². The zero-order valence-corrected chi connectivity index (χ0v) is 21.7. The van der Waals surface area contributed by atoms with E-state index in [2.05, 4.69) is 47.1 Å². The lowest BCUT2D eigenvalue weighted by molar-refractivity contribution is -0.0788. The van der Waals surface area contributed by atoms with Crippen molar-refractivity contribution in [3.63, 3.8) is 0 Å². The van der Waals surface area contributed by atoms with Crippen LogP contribution in [-0.4, -0.2) is 43.3 Å². The molecule has 0 saturated carbocycles. The smallest absolute Gasteiger partial charge is 0.379 e. The Bertz CT molecular complexity index is 1320. The average molecular weight is 518 g/mol. The van der Waals surface area contributed by atoms with Gasteiger partial charge in [-0.25, -0.2) is 9.74 Å². The molecule has 6 heteroatoms. The summed E-state index contributed by atoms with van der Waals surface area (Å²) >= 11 is 0. The third-order valence-electron chi connectivity index (χ3n) is 7.61. The zero-order chi connectivity index (χ0) is 26.5. The highest BCUT2D eigenvalue weighted by Gasteiger charge is 2.25. The van der Waals surface area contributed by atoms with Gasteiger partial charge in [0.1, 0.15) is 11.9 Å². The Morgan fingerprint density at radius 1 is 1.03 bits per heavy atom. The number of rotatable bonds is 8. The van der Waals surface area contributed by atoms with Gasteiger partial charge in [-0.3, -0.25) is 9.29 Å². The highest BCUT2D eigenvalue weighted by molar-refractivity contribution is 6.01. The fourth-order valence-electron chi connectivity index (χ4n) is 5.74. The summed E-state index contributed by atoms with van der Waals surface area (Å²) < 4.78 is 31.4. The molecule has 1 atom stereocenters. The van der Waals surface area contributed by atoms with Crippen LogP contribution in [0.3, 0.4) is 0 Å². The Balaban J connectivity index is 1.50. The van der Waals surface area contributed by atoms with Gasteiger partial charge in [-0.2, -0.15) is 0 Å². The number of carbonyl (C=O) groups is 1. The molecule has 198 valence electrons. The van der Waals surface area contributed by atoms with E-state index in [4.69, 9.17) is 4.74 Å². The molecular weight excluding hydrogens is 484 g/mol. The van der Waals surface area contributed by atoms with Gasteiger partial charge in [-0.15, -0.1) is 0 Å². The summed E-state index contributed by atoms with van der Waals surface area (Å²) in [6, 6.07) is 21.9. The Morgan fingerprint density at radius 3 is 2.61 bits per heavy atom. The minimum atomic E-state index is -0.974. The number of benzene rings is 3. The second kappa shape index (κ2) is 11.9. The molecule has 0 amide bonds. The highest BCUT2D eigenvalue weighted by Crippen LogP contribution is 2.41. The van der Waals surface area contributed by atoms with Crippen LogP contribution in [0.5, 0.6) is 5.75 Å². The van der Waals surface area contributed by atoms with Crippen molar-refractivity contribution in [1.82, 2.24) is 4.90 Å². The van der Waals surface area contributed by atoms with E-state index >= 15 is 0 Å². The first-order valence-electron chi connectivity index (χ1n) is 13.4. The largest absolute Gasteiger partial charge is 0.489 e. The molecule has 1 aliphatic heterocycles. The lowest BCUT2D eigenvalue weighted by Gasteiger charge is -2.19. The van der Waals surface area contributed by atoms with Gasteiger partial charge in [0.05, 0.1) is 12.2 Å². The van der Waals surface area contributed by atoms with Crippen molar-refractivity contribution >= 4 is 17.1 Å². The minimum absolute atomic E-state index is 0.106. The maximum Gasteiger partial charge on any atom is 0.379 e. The molecule has 38 heavy (non-hydrogen) atoms. The van der Waals surface area contributed by atoms with Gasteiger partial charge in [0.15, 0.2) is 0 Å². The van der Waals surface area contributed by atoms with Crippen molar-refractivity contribution in [2.24, 2.45) is 0 Å². The van der Waals surface area contributed by atoms with E-state index in [-0.39, 0.29) is 18.3 Å². The Hall–Kier alpha value is -3.51. The van der Waals surface area contributed by atoms with Gasteiger partial charge in [0, 0.05) is 24.2 Å². The lowest BCUT2D eigenvalue weighted by Crippen LogP contribution is -2.26. The SMILES string of the molecule is Cc1ccccc1C1=C(c2ccc(OC3CCN(CCCF)C3)cc2)c2ccc(C(=O)OF)cc2CCC1. The van der Waals surface area contributed by atoms with Crippen LogP contribution < -0.4 is 4.74 Å². The summed E-state index contributed by atoms with van der Waals surface area (Å²) in [6.07, 6.45) is 4.19. The fraction of sp³-hybridized carbons (Fsp3) is 0.344. The molecule has 1 unspecified atom stereocenters. The topological polar surface area (TPSA) is 38.8 Å².